The van der Waals surface area contributed by atoms with E-state index in [4.69, 9.17) is 4.52 Å². The molecule has 0 bridgehead atoms. The van der Waals surface area contributed by atoms with Crippen LogP contribution >= 0.6 is 12.6 Å². The van der Waals surface area contributed by atoms with E-state index in [9.17, 15) is 0 Å². The van der Waals surface area contributed by atoms with E-state index in [-0.39, 0.29) is 0 Å². The highest BCUT2D eigenvalue weighted by Crippen LogP contribution is 2.24. The van der Waals surface area contributed by atoms with Gasteiger partial charge in [0, 0.05) is 16.9 Å². The van der Waals surface area contributed by atoms with E-state index in [0.717, 1.165) is 16.7 Å². The fourth-order valence-corrected chi connectivity index (χ4v) is 2.34. The van der Waals surface area contributed by atoms with Gasteiger partial charge >= 0.3 is 0 Å². The van der Waals surface area contributed by atoms with Crippen LogP contribution in [0.4, 0.5) is 0 Å². The topological polar surface area (TPSA) is 38.9 Å². The maximum Gasteiger partial charge on any atom is 0.258 e. The monoisotopic (exact) mass is 296 g/mol. The fourth-order valence-electron chi connectivity index (χ4n) is 2.14. The summed E-state index contributed by atoms with van der Waals surface area (Å²) in [6, 6.07) is 14.1. The first-order valence-electron chi connectivity index (χ1n) is 6.79. The van der Waals surface area contributed by atoms with Gasteiger partial charge in [-0.15, -0.1) is 0 Å². The molecule has 0 saturated carbocycles. The van der Waals surface area contributed by atoms with Crippen molar-refractivity contribution in [2.24, 2.45) is 0 Å². The van der Waals surface area contributed by atoms with E-state index in [0.29, 0.717) is 17.5 Å². The van der Waals surface area contributed by atoms with Crippen LogP contribution in [0.5, 0.6) is 0 Å². The predicted octanol–water partition coefficient (Wildman–Crippen LogP) is 4.45. The summed E-state index contributed by atoms with van der Waals surface area (Å²) in [6.07, 6.45) is 0. The maximum absolute atomic E-state index is 5.39. The molecule has 4 heteroatoms. The minimum Gasteiger partial charge on any atom is -0.334 e. The van der Waals surface area contributed by atoms with Gasteiger partial charge in [-0.3, -0.25) is 0 Å². The van der Waals surface area contributed by atoms with E-state index < -0.39 is 0 Å². The molecule has 2 aromatic carbocycles. The summed E-state index contributed by atoms with van der Waals surface area (Å²) in [6.45, 7) is 4.16. The Bertz CT molecular complexity index is 780. The second-order valence-corrected chi connectivity index (χ2v) is 5.40. The van der Waals surface area contributed by atoms with E-state index in [1.54, 1.807) is 0 Å². The first kappa shape index (κ1) is 13.9. The summed E-state index contributed by atoms with van der Waals surface area (Å²) in [4.78, 5) is 4.49. The average molecular weight is 296 g/mol. The molecular formula is C17H16N2OS. The van der Waals surface area contributed by atoms with Gasteiger partial charge in [-0.1, -0.05) is 29.4 Å². The van der Waals surface area contributed by atoms with Crippen LogP contribution in [-0.2, 0) is 5.75 Å². The molecule has 0 spiro atoms. The quantitative estimate of drug-likeness (QED) is 0.726. The van der Waals surface area contributed by atoms with Crippen LogP contribution in [0.3, 0.4) is 0 Å². The Morgan fingerprint density at radius 1 is 1.00 bits per heavy atom. The molecule has 0 N–H and O–H groups in total. The smallest absolute Gasteiger partial charge is 0.258 e. The Labute approximate surface area is 129 Å². The van der Waals surface area contributed by atoms with E-state index in [1.807, 2.05) is 30.3 Å². The van der Waals surface area contributed by atoms with Crippen LogP contribution in [-0.4, -0.2) is 10.1 Å². The highest BCUT2D eigenvalue weighted by Gasteiger charge is 2.11. The fraction of sp³-hybridized carbons (Fsp3) is 0.176. The highest BCUT2D eigenvalue weighted by atomic mass is 32.1. The van der Waals surface area contributed by atoms with Crippen LogP contribution < -0.4 is 0 Å². The second-order valence-electron chi connectivity index (χ2n) is 5.08. The van der Waals surface area contributed by atoms with E-state index >= 15 is 0 Å². The van der Waals surface area contributed by atoms with Crippen molar-refractivity contribution in [3.63, 3.8) is 0 Å². The lowest BCUT2D eigenvalue weighted by Gasteiger charge is -2.00. The van der Waals surface area contributed by atoms with Gasteiger partial charge in [0.2, 0.25) is 5.82 Å². The van der Waals surface area contributed by atoms with Gasteiger partial charge in [-0.05, 0) is 48.7 Å². The summed E-state index contributed by atoms with van der Waals surface area (Å²) in [5, 5.41) is 4.08. The first-order chi connectivity index (χ1) is 10.2. The minimum absolute atomic E-state index is 0.546. The third-order valence-electron chi connectivity index (χ3n) is 3.55. The Hall–Kier alpha value is -2.07. The number of hydrogen-bond donors (Lipinski definition) is 1. The van der Waals surface area contributed by atoms with E-state index in [2.05, 4.69) is 48.7 Å². The van der Waals surface area contributed by atoms with Crippen LogP contribution in [0.2, 0.25) is 0 Å². The molecule has 0 fully saturated rings. The highest BCUT2D eigenvalue weighted by molar-refractivity contribution is 7.79. The minimum atomic E-state index is 0.546. The lowest BCUT2D eigenvalue weighted by molar-refractivity contribution is 0.432. The summed E-state index contributed by atoms with van der Waals surface area (Å²) in [7, 11) is 0. The number of hydrogen-bond acceptors (Lipinski definition) is 4. The zero-order valence-electron chi connectivity index (χ0n) is 12.0. The van der Waals surface area contributed by atoms with Crippen molar-refractivity contribution in [2.75, 3.05) is 0 Å². The normalized spacial score (nSPS) is 10.8. The number of aromatic nitrogens is 2. The van der Waals surface area contributed by atoms with Crippen molar-refractivity contribution in [3.8, 4) is 22.8 Å². The first-order valence-corrected chi connectivity index (χ1v) is 7.42. The van der Waals surface area contributed by atoms with Gasteiger partial charge in [0.25, 0.3) is 5.89 Å². The number of rotatable bonds is 3. The molecule has 0 saturated heterocycles. The molecule has 0 amide bonds. The van der Waals surface area contributed by atoms with Crippen molar-refractivity contribution in [3.05, 3.63) is 59.2 Å². The Morgan fingerprint density at radius 3 is 2.62 bits per heavy atom. The van der Waals surface area contributed by atoms with Crippen molar-refractivity contribution in [1.29, 1.82) is 0 Å². The van der Waals surface area contributed by atoms with Crippen molar-refractivity contribution < 1.29 is 4.52 Å². The Morgan fingerprint density at radius 2 is 1.86 bits per heavy atom. The van der Waals surface area contributed by atoms with Gasteiger partial charge in [0.15, 0.2) is 0 Å². The molecule has 0 aliphatic carbocycles. The largest absolute Gasteiger partial charge is 0.334 e. The zero-order chi connectivity index (χ0) is 14.8. The predicted molar refractivity (Wildman–Crippen MR) is 87.3 cm³/mol. The van der Waals surface area contributed by atoms with Crippen molar-refractivity contribution in [2.45, 2.75) is 19.6 Å². The molecule has 0 aliphatic rings. The number of aryl methyl sites for hydroxylation is 2. The molecule has 1 heterocycles. The molecule has 21 heavy (non-hydrogen) atoms. The Balaban J connectivity index is 1.97. The van der Waals surface area contributed by atoms with Gasteiger partial charge in [0.1, 0.15) is 0 Å². The second kappa shape index (κ2) is 5.74. The Kier molecular flexibility index (Phi) is 3.80. The standard InChI is InChI=1S/C17H16N2OS/c1-11-6-7-15(8-12(11)2)17-18-16(19-20-17)14-5-3-4-13(9-14)10-21/h3-9,21H,10H2,1-2H3. The number of benzene rings is 2. The zero-order valence-corrected chi connectivity index (χ0v) is 12.9. The molecule has 3 nitrogen and oxygen atoms in total. The summed E-state index contributed by atoms with van der Waals surface area (Å²) in [5.41, 5.74) is 5.49. The maximum atomic E-state index is 5.39. The van der Waals surface area contributed by atoms with E-state index in [1.165, 1.54) is 11.1 Å². The van der Waals surface area contributed by atoms with Crippen molar-refractivity contribution >= 4 is 12.6 Å². The van der Waals surface area contributed by atoms with Crippen LogP contribution in [0.25, 0.3) is 22.8 Å². The summed E-state index contributed by atoms with van der Waals surface area (Å²) >= 11 is 4.29. The molecule has 1 aromatic heterocycles. The van der Waals surface area contributed by atoms with Crippen molar-refractivity contribution in [1.82, 2.24) is 10.1 Å². The van der Waals surface area contributed by atoms with Gasteiger partial charge in [-0.25, -0.2) is 0 Å². The SMILES string of the molecule is Cc1ccc(-c2nc(-c3cccc(CS)c3)no2)cc1C. The van der Waals surface area contributed by atoms with Gasteiger partial charge in [-0.2, -0.15) is 17.6 Å². The molecule has 3 aromatic rings. The number of thiol groups is 1. The van der Waals surface area contributed by atoms with Crippen LogP contribution in [0, 0.1) is 13.8 Å². The third-order valence-corrected chi connectivity index (χ3v) is 3.91. The molecule has 0 aliphatic heterocycles. The average Bonchev–Trinajstić information content (AvgIpc) is 3.00. The molecule has 106 valence electrons. The number of nitrogens with zero attached hydrogens (tertiary/aromatic N) is 2. The molecular weight excluding hydrogens is 280 g/mol. The molecule has 0 atom stereocenters. The van der Waals surface area contributed by atoms with Gasteiger partial charge < -0.3 is 4.52 Å². The van der Waals surface area contributed by atoms with Crippen LogP contribution in [0.1, 0.15) is 16.7 Å². The van der Waals surface area contributed by atoms with Gasteiger partial charge in [0.05, 0.1) is 0 Å². The third kappa shape index (κ3) is 2.85. The lowest BCUT2D eigenvalue weighted by Crippen LogP contribution is -1.85. The molecule has 0 radical (unpaired) electrons. The lowest BCUT2D eigenvalue weighted by atomic mass is 10.1. The van der Waals surface area contributed by atoms with Crippen LogP contribution in [0.15, 0.2) is 47.0 Å². The summed E-state index contributed by atoms with van der Waals surface area (Å²) < 4.78 is 5.39. The molecule has 3 rings (SSSR count). The molecule has 0 unspecified atom stereocenters. The summed E-state index contributed by atoms with van der Waals surface area (Å²) in [5.74, 6) is 1.84.